The second kappa shape index (κ2) is 15.6. The monoisotopic (exact) mass is 915 g/mol. The van der Waals surface area contributed by atoms with Gasteiger partial charge in [-0.1, -0.05) is 243 Å². The van der Waals surface area contributed by atoms with E-state index in [0.29, 0.717) is 0 Å². The molecule has 0 saturated carbocycles. The predicted octanol–water partition coefficient (Wildman–Crippen LogP) is 18.0. The molecule has 2 nitrogen and oxygen atoms in total. The Labute approximate surface area is 419 Å². The van der Waals surface area contributed by atoms with Gasteiger partial charge in [-0.3, -0.25) is 0 Å². The third-order valence-corrected chi connectivity index (χ3v) is 16.0. The SMILES string of the molecule is c1ccc(N(c2ccccc2-c2ccc3c(c2)C2(c4ccccc4-3)c3ccc4ccccc4c3Oc3c2ccc2ccccc32)c2cccc3c2-c2ccccc2C3(c2ccccc2)c2ccccc2)cc1. The molecule has 1 aliphatic heterocycles. The summed E-state index contributed by atoms with van der Waals surface area (Å²) in [6.45, 7) is 0. The maximum atomic E-state index is 7.31. The van der Waals surface area contributed by atoms with Crippen LogP contribution >= 0.6 is 0 Å². The Morgan fingerprint density at radius 3 is 1.43 bits per heavy atom. The molecule has 0 radical (unpaired) electrons. The molecule has 2 heteroatoms. The topological polar surface area (TPSA) is 12.5 Å². The van der Waals surface area contributed by atoms with Gasteiger partial charge in [0.2, 0.25) is 0 Å². The molecule has 0 bridgehead atoms. The van der Waals surface area contributed by atoms with E-state index >= 15 is 0 Å². The highest BCUT2D eigenvalue weighted by Gasteiger charge is 2.52. The summed E-state index contributed by atoms with van der Waals surface area (Å²) < 4.78 is 7.31. The number of rotatable bonds is 6. The first kappa shape index (κ1) is 40.6. The van der Waals surface area contributed by atoms with Crippen molar-refractivity contribution in [3.05, 3.63) is 317 Å². The third-order valence-electron chi connectivity index (χ3n) is 16.0. The molecular formula is C70H45NO. The van der Waals surface area contributed by atoms with Crippen LogP contribution < -0.4 is 9.64 Å². The van der Waals surface area contributed by atoms with Crippen molar-refractivity contribution in [3.8, 4) is 44.9 Å². The van der Waals surface area contributed by atoms with Gasteiger partial charge in [-0.15, -0.1) is 0 Å². The van der Waals surface area contributed by atoms with Crippen molar-refractivity contribution in [2.45, 2.75) is 10.8 Å². The summed E-state index contributed by atoms with van der Waals surface area (Å²) in [6.07, 6.45) is 0. The van der Waals surface area contributed by atoms with E-state index in [2.05, 4.69) is 278 Å². The molecule has 0 atom stereocenters. The van der Waals surface area contributed by atoms with E-state index in [0.717, 1.165) is 72.4 Å². The number of hydrogen-bond donors (Lipinski definition) is 0. The molecule has 12 aromatic rings. The zero-order valence-electron chi connectivity index (χ0n) is 39.3. The van der Waals surface area contributed by atoms with Gasteiger partial charge in [-0.05, 0) is 96.7 Å². The normalized spacial score (nSPS) is 13.9. The Morgan fingerprint density at radius 1 is 0.292 bits per heavy atom. The fourth-order valence-electron chi connectivity index (χ4n) is 13.1. The van der Waals surface area contributed by atoms with Crippen molar-refractivity contribution in [1.82, 2.24) is 0 Å². The minimum atomic E-state index is -0.671. The van der Waals surface area contributed by atoms with E-state index in [-0.39, 0.29) is 0 Å². The zero-order chi connectivity index (χ0) is 47.4. The summed E-state index contributed by atoms with van der Waals surface area (Å²) in [5, 5.41) is 4.54. The second-order valence-corrected chi connectivity index (χ2v) is 19.4. The molecular weight excluding hydrogens is 871 g/mol. The maximum Gasteiger partial charge on any atom is 0.140 e. The summed E-state index contributed by atoms with van der Waals surface area (Å²) in [6, 6.07) is 101. The van der Waals surface area contributed by atoms with Gasteiger partial charge in [0.15, 0.2) is 0 Å². The van der Waals surface area contributed by atoms with Crippen molar-refractivity contribution in [2.75, 3.05) is 4.90 Å². The fraction of sp³-hybridized carbons (Fsp3) is 0.0286. The van der Waals surface area contributed by atoms with Crippen molar-refractivity contribution in [3.63, 3.8) is 0 Å². The number of benzene rings is 12. The van der Waals surface area contributed by atoms with Crippen LogP contribution in [0.5, 0.6) is 11.5 Å². The van der Waals surface area contributed by atoms with Crippen molar-refractivity contribution < 1.29 is 4.74 Å². The lowest BCUT2D eigenvalue weighted by molar-refractivity contribution is 0.447. The van der Waals surface area contributed by atoms with Crippen LogP contribution in [0.15, 0.2) is 273 Å². The molecule has 72 heavy (non-hydrogen) atoms. The van der Waals surface area contributed by atoms with Gasteiger partial charge < -0.3 is 9.64 Å². The molecule has 12 aromatic carbocycles. The Bertz CT molecular complexity index is 4010. The summed E-state index contributed by atoms with van der Waals surface area (Å²) in [4.78, 5) is 2.51. The molecule has 0 amide bonds. The number of nitrogens with zero attached hydrogens (tertiary/aromatic N) is 1. The van der Waals surface area contributed by atoms with E-state index < -0.39 is 10.8 Å². The smallest absolute Gasteiger partial charge is 0.140 e. The molecule has 15 rings (SSSR count). The van der Waals surface area contributed by atoms with Crippen LogP contribution in [0, 0.1) is 0 Å². The highest BCUT2D eigenvalue weighted by atomic mass is 16.5. The Kier molecular flexibility index (Phi) is 8.82. The average molecular weight is 916 g/mol. The van der Waals surface area contributed by atoms with Crippen LogP contribution in [0.2, 0.25) is 0 Å². The lowest BCUT2D eigenvalue weighted by Gasteiger charge is -2.40. The Morgan fingerprint density at radius 2 is 0.778 bits per heavy atom. The summed E-state index contributed by atoms with van der Waals surface area (Å²) in [5.74, 6) is 1.84. The van der Waals surface area contributed by atoms with E-state index in [1.54, 1.807) is 0 Å². The van der Waals surface area contributed by atoms with Crippen LogP contribution in [-0.4, -0.2) is 0 Å². The number of hydrogen-bond acceptors (Lipinski definition) is 2. The molecule has 1 heterocycles. The van der Waals surface area contributed by atoms with Gasteiger partial charge in [-0.25, -0.2) is 0 Å². The van der Waals surface area contributed by atoms with Crippen molar-refractivity contribution >= 4 is 38.6 Å². The fourth-order valence-corrected chi connectivity index (χ4v) is 13.1. The van der Waals surface area contributed by atoms with Crippen LogP contribution in [0.3, 0.4) is 0 Å². The summed E-state index contributed by atoms with van der Waals surface area (Å²) in [7, 11) is 0. The highest BCUT2D eigenvalue weighted by molar-refractivity contribution is 6.02. The van der Waals surface area contributed by atoms with E-state index in [1.807, 2.05) is 0 Å². The van der Waals surface area contributed by atoms with Gasteiger partial charge in [0.05, 0.1) is 22.2 Å². The van der Waals surface area contributed by atoms with Gasteiger partial charge in [-0.2, -0.15) is 0 Å². The van der Waals surface area contributed by atoms with E-state index in [4.69, 9.17) is 4.74 Å². The summed E-state index contributed by atoms with van der Waals surface area (Å²) >= 11 is 0. The number of ether oxygens (including phenoxy) is 1. The molecule has 1 spiro atoms. The van der Waals surface area contributed by atoms with Crippen LogP contribution in [0.25, 0.3) is 54.9 Å². The molecule has 336 valence electrons. The van der Waals surface area contributed by atoms with Gasteiger partial charge >= 0.3 is 0 Å². The highest BCUT2D eigenvalue weighted by Crippen LogP contribution is 2.65. The van der Waals surface area contributed by atoms with E-state index in [1.165, 1.54) is 55.6 Å². The zero-order valence-corrected chi connectivity index (χ0v) is 39.3. The Hall–Kier alpha value is -9.24. The lowest BCUT2D eigenvalue weighted by Crippen LogP contribution is -2.32. The first-order chi connectivity index (χ1) is 35.7. The Balaban J connectivity index is 0.998. The number of fused-ring (bicyclic) bond motifs is 16. The third kappa shape index (κ3) is 5.49. The predicted molar refractivity (Wildman–Crippen MR) is 296 cm³/mol. The van der Waals surface area contributed by atoms with Crippen LogP contribution in [0.4, 0.5) is 17.1 Å². The van der Waals surface area contributed by atoms with Crippen LogP contribution in [0.1, 0.15) is 44.5 Å². The van der Waals surface area contributed by atoms with Crippen molar-refractivity contribution in [2.24, 2.45) is 0 Å². The average Bonchev–Trinajstić information content (AvgIpc) is 3.92. The first-order valence-electron chi connectivity index (χ1n) is 25.0. The van der Waals surface area contributed by atoms with E-state index in [9.17, 15) is 0 Å². The molecule has 0 N–H and O–H groups in total. The van der Waals surface area contributed by atoms with Crippen LogP contribution in [-0.2, 0) is 10.8 Å². The van der Waals surface area contributed by atoms with Gasteiger partial charge in [0.1, 0.15) is 11.5 Å². The molecule has 3 aliphatic rings. The minimum Gasteiger partial charge on any atom is -0.455 e. The number of para-hydroxylation sites is 2. The summed E-state index contributed by atoms with van der Waals surface area (Å²) in [5.41, 5.74) is 19.2. The quantitative estimate of drug-likeness (QED) is 0.165. The standard InChI is InChI=1S/C70H45NO/c1-4-23-49(24-5-1)69(50-25-6-2-7-26-50)59-35-18-15-33-57(59)66-60(69)36-20-38-65(66)71(51-27-8-3-9-28-51)64-37-19-16-29-52(64)48-39-42-56-55-32-14-17-34-58(55)70(63(56)45-48)61-43-40-46-21-10-12-30-53(46)67(61)72-68-54-31-13-11-22-47(54)41-44-62(68)70/h1-45H. The molecule has 0 unspecified atom stereocenters. The molecule has 0 fully saturated rings. The second-order valence-electron chi connectivity index (χ2n) is 19.4. The molecule has 0 aromatic heterocycles. The van der Waals surface area contributed by atoms with Crippen molar-refractivity contribution in [1.29, 1.82) is 0 Å². The first-order valence-corrected chi connectivity index (χ1v) is 25.0. The molecule has 2 aliphatic carbocycles. The molecule has 0 saturated heterocycles. The van der Waals surface area contributed by atoms with Gasteiger partial charge in [0, 0.05) is 38.7 Å². The van der Waals surface area contributed by atoms with Gasteiger partial charge in [0.25, 0.3) is 0 Å². The largest absolute Gasteiger partial charge is 0.455 e. The lowest BCUT2D eigenvalue weighted by atomic mass is 9.65. The minimum absolute atomic E-state index is 0.539. The number of anilines is 3. The maximum absolute atomic E-state index is 7.31.